The molecule has 5 rings (SSSR count). The van der Waals surface area contributed by atoms with E-state index >= 15 is 0 Å². The highest BCUT2D eigenvalue weighted by Gasteiger charge is 2.18. The topological polar surface area (TPSA) is 140 Å². The molecule has 0 bridgehead atoms. The van der Waals surface area contributed by atoms with E-state index < -0.39 is 9.84 Å². The quantitative estimate of drug-likeness (QED) is 0.123. The van der Waals surface area contributed by atoms with Crippen molar-refractivity contribution in [1.82, 2.24) is 25.6 Å². The monoisotopic (exact) mass is 696 g/mol. The number of benzene rings is 3. The molecule has 0 spiro atoms. The van der Waals surface area contributed by atoms with E-state index in [1.165, 1.54) is 12.1 Å². The molecule has 5 aromatic rings. The molecule has 0 saturated heterocycles. The van der Waals surface area contributed by atoms with Gasteiger partial charge in [0, 0.05) is 26.3 Å². The molecule has 2 heterocycles. The van der Waals surface area contributed by atoms with Gasteiger partial charge in [-0.25, -0.2) is 13.4 Å². The molecule has 10 nitrogen and oxygen atoms in total. The molecule has 0 saturated carbocycles. The van der Waals surface area contributed by atoms with E-state index in [2.05, 4.69) is 52.1 Å². The summed E-state index contributed by atoms with van der Waals surface area (Å²) >= 11 is 9.17. The predicted octanol–water partition coefficient (Wildman–Crippen LogP) is 7.14. The van der Waals surface area contributed by atoms with E-state index in [9.17, 15) is 13.2 Å². The summed E-state index contributed by atoms with van der Waals surface area (Å²) in [5.41, 5.74) is 2.85. The van der Waals surface area contributed by atoms with E-state index in [1.807, 2.05) is 24.3 Å². The Morgan fingerprint density at radius 3 is 2.61 bits per heavy atom. The Balaban J connectivity index is 1.27. The summed E-state index contributed by atoms with van der Waals surface area (Å²) in [5.74, 6) is 1.14. The number of aromatic amines is 1. The summed E-state index contributed by atoms with van der Waals surface area (Å²) in [4.78, 5) is 19.4. The van der Waals surface area contributed by atoms with Gasteiger partial charge >= 0.3 is 0 Å². The number of nitrogens with zero attached hydrogens (tertiary/aromatic N) is 4. The number of rotatable bonds is 13. The molecule has 1 amide bonds. The average Bonchev–Trinajstić information content (AvgIpc) is 3.73. The van der Waals surface area contributed by atoms with Crippen molar-refractivity contribution in [1.29, 1.82) is 0 Å². The van der Waals surface area contributed by atoms with Crippen molar-refractivity contribution in [3.05, 3.63) is 105 Å². The number of aryl methyl sites for hydroxylation is 1. The number of anilines is 1. The van der Waals surface area contributed by atoms with Crippen LogP contribution in [0, 0.1) is 0 Å². The van der Waals surface area contributed by atoms with Gasteiger partial charge in [-0.2, -0.15) is 5.21 Å². The van der Waals surface area contributed by atoms with Gasteiger partial charge in [0.2, 0.25) is 5.82 Å². The third-order valence-corrected chi connectivity index (χ3v) is 11.0. The number of thioether (sulfide) groups is 1. The zero-order valence-electron chi connectivity index (χ0n) is 25.5. The molecule has 0 radical (unpaired) electrons. The smallest absolute Gasteiger partial charge is 0.255 e. The van der Waals surface area contributed by atoms with Gasteiger partial charge in [-0.15, -0.1) is 33.3 Å². The number of thiazole rings is 1. The lowest BCUT2D eigenvalue weighted by atomic mass is 9.93. The largest absolute Gasteiger partial charge is 0.483 e. The Bertz CT molecular complexity index is 1890. The summed E-state index contributed by atoms with van der Waals surface area (Å²) in [7, 11) is -3.47. The van der Waals surface area contributed by atoms with Crippen LogP contribution in [-0.4, -0.2) is 45.7 Å². The zero-order chi connectivity index (χ0) is 32.7. The van der Waals surface area contributed by atoms with E-state index in [-0.39, 0.29) is 28.6 Å². The molecule has 0 atom stereocenters. The number of hydrogen-bond acceptors (Lipinski definition) is 10. The van der Waals surface area contributed by atoms with Crippen LogP contribution in [0.5, 0.6) is 5.75 Å². The summed E-state index contributed by atoms with van der Waals surface area (Å²) in [6.45, 7) is 6.47. The second-order valence-electron chi connectivity index (χ2n) is 11.5. The summed E-state index contributed by atoms with van der Waals surface area (Å²) < 4.78 is 31.5. The molecule has 0 aliphatic rings. The van der Waals surface area contributed by atoms with E-state index in [1.54, 1.807) is 53.4 Å². The van der Waals surface area contributed by atoms with Crippen molar-refractivity contribution in [3.8, 4) is 5.75 Å². The lowest BCUT2D eigenvalue weighted by Crippen LogP contribution is -2.14. The van der Waals surface area contributed by atoms with Gasteiger partial charge in [-0.05, 0) is 73.0 Å². The number of ether oxygens (including phenoxy) is 1. The standard InChI is InChI=1S/C32H33ClN6O4S3/c1-32(2,3)28-19-45-30(35-28)20-44-24-8-4-7-22(17-24)31(40)34-26-16-21(9-14-27(26)43-18-29-36-38-39-37-29)6-5-15-46(41,42)25-12-10-23(33)11-13-25/h4,7-14,16-17,19H,5-6,15,18,20H2,1-3H3,(H,34,40)(H,36,37,38,39). The maximum Gasteiger partial charge on any atom is 0.255 e. The number of carbonyl (C=O) groups excluding carboxylic acids is 1. The van der Waals surface area contributed by atoms with Gasteiger partial charge < -0.3 is 10.1 Å². The lowest BCUT2D eigenvalue weighted by molar-refractivity contribution is 0.102. The van der Waals surface area contributed by atoms with Crippen molar-refractivity contribution in [3.63, 3.8) is 0 Å². The van der Waals surface area contributed by atoms with E-state index in [0.29, 0.717) is 46.4 Å². The number of halogens is 1. The molecule has 0 fully saturated rings. The molecule has 0 aliphatic carbocycles. The number of sulfone groups is 1. The first-order valence-electron chi connectivity index (χ1n) is 14.4. The second kappa shape index (κ2) is 14.8. The van der Waals surface area contributed by atoms with Crippen molar-refractivity contribution in [2.75, 3.05) is 11.1 Å². The van der Waals surface area contributed by atoms with Crippen LogP contribution in [0.15, 0.2) is 81.9 Å². The minimum atomic E-state index is -3.47. The number of amides is 1. The first kappa shape index (κ1) is 33.6. The van der Waals surface area contributed by atoms with Crippen LogP contribution in [0.2, 0.25) is 5.02 Å². The SMILES string of the molecule is CC(C)(C)c1csc(CSc2cccc(C(=O)Nc3cc(CCCS(=O)(=O)c4ccc(Cl)cc4)ccc3OCc3nn[nH]n3)c2)n1. The highest BCUT2D eigenvalue weighted by atomic mass is 35.5. The maximum atomic E-state index is 13.5. The number of hydrogen-bond donors (Lipinski definition) is 2. The van der Waals surface area contributed by atoms with Crippen LogP contribution in [0.4, 0.5) is 5.69 Å². The van der Waals surface area contributed by atoms with Gasteiger partial charge in [0.15, 0.2) is 16.4 Å². The fourth-order valence-corrected chi connectivity index (χ4v) is 7.79. The molecule has 14 heteroatoms. The molecular weight excluding hydrogens is 664 g/mol. The molecular formula is C32H33ClN6O4S3. The fourth-order valence-electron chi connectivity index (χ4n) is 4.36. The number of carbonyl (C=O) groups is 1. The van der Waals surface area contributed by atoms with Crippen LogP contribution in [0.25, 0.3) is 0 Å². The molecule has 3 aromatic carbocycles. The van der Waals surface area contributed by atoms with Gasteiger partial charge in [-0.1, -0.05) is 49.7 Å². The third-order valence-electron chi connectivity index (χ3n) is 6.87. The molecule has 2 aromatic heterocycles. The number of nitrogens with one attached hydrogen (secondary N) is 2. The Hall–Kier alpha value is -3.78. The Kier molecular flexibility index (Phi) is 10.8. The van der Waals surface area contributed by atoms with Gasteiger partial charge in [-0.3, -0.25) is 4.79 Å². The minimum Gasteiger partial charge on any atom is -0.483 e. The number of H-pyrrole nitrogens is 1. The van der Waals surface area contributed by atoms with Crippen LogP contribution >= 0.6 is 34.7 Å². The third kappa shape index (κ3) is 9.15. The zero-order valence-corrected chi connectivity index (χ0v) is 28.7. The molecule has 2 N–H and O–H groups in total. The molecule has 0 aliphatic heterocycles. The maximum absolute atomic E-state index is 13.5. The molecule has 240 valence electrons. The van der Waals surface area contributed by atoms with Gasteiger partial charge in [0.05, 0.1) is 27.8 Å². The first-order valence-corrected chi connectivity index (χ1v) is 18.3. The van der Waals surface area contributed by atoms with Crippen LogP contribution in [-0.2, 0) is 34.0 Å². The summed E-state index contributed by atoms with van der Waals surface area (Å²) in [6.07, 6.45) is 0.859. The highest BCUT2D eigenvalue weighted by molar-refractivity contribution is 7.98. The first-order chi connectivity index (χ1) is 22.0. The van der Waals surface area contributed by atoms with Crippen LogP contribution in [0.3, 0.4) is 0 Å². The normalized spacial score (nSPS) is 11.8. The van der Waals surface area contributed by atoms with Gasteiger partial charge in [0.25, 0.3) is 5.91 Å². The second-order valence-corrected chi connectivity index (χ2v) is 16.0. The van der Waals surface area contributed by atoms with Crippen LogP contribution < -0.4 is 10.1 Å². The average molecular weight is 697 g/mol. The van der Waals surface area contributed by atoms with Gasteiger partial charge in [0.1, 0.15) is 10.8 Å². The Morgan fingerprint density at radius 2 is 1.89 bits per heavy atom. The lowest BCUT2D eigenvalue weighted by Gasteiger charge is -2.14. The number of tetrazole rings is 1. The summed E-state index contributed by atoms with van der Waals surface area (Å²) in [6, 6.07) is 19.0. The van der Waals surface area contributed by atoms with Crippen molar-refractivity contribution in [2.45, 2.75) is 61.2 Å². The van der Waals surface area contributed by atoms with E-state index in [4.69, 9.17) is 21.3 Å². The summed E-state index contributed by atoms with van der Waals surface area (Å²) in [5, 5.41) is 20.3. The Labute approximate surface area is 281 Å². The fraction of sp³-hybridized carbons (Fsp3) is 0.281. The highest BCUT2D eigenvalue weighted by Crippen LogP contribution is 2.31. The predicted molar refractivity (Wildman–Crippen MR) is 182 cm³/mol. The Morgan fingerprint density at radius 1 is 1.09 bits per heavy atom. The van der Waals surface area contributed by atoms with Crippen molar-refractivity contribution < 1.29 is 17.9 Å². The molecule has 0 unspecified atom stereocenters. The van der Waals surface area contributed by atoms with Crippen molar-refractivity contribution in [2.24, 2.45) is 0 Å². The van der Waals surface area contributed by atoms with E-state index in [0.717, 1.165) is 21.2 Å². The molecule has 46 heavy (non-hydrogen) atoms. The number of aromatic nitrogens is 5. The van der Waals surface area contributed by atoms with Crippen molar-refractivity contribution >= 4 is 56.1 Å². The minimum absolute atomic E-state index is 0.00204. The van der Waals surface area contributed by atoms with Crippen LogP contribution in [0.1, 0.15) is 59.6 Å².